The van der Waals surface area contributed by atoms with Gasteiger partial charge in [-0.3, -0.25) is 14.8 Å². The number of likely N-dealkylation sites (tertiary alicyclic amines) is 1. The molecule has 1 saturated heterocycles. The number of aliphatic hydroxyl groups is 1. The molecule has 0 unspecified atom stereocenters. The first-order valence-electron chi connectivity index (χ1n) is 9.50. The van der Waals surface area contributed by atoms with Crippen LogP contribution in [0.5, 0.6) is 0 Å². The van der Waals surface area contributed by atoms with Crippen LogP contribution >= 0.6 is 11.3 Å². The predicted molar refractivity (Wildman–Crippen MR) is 110 cm³/mol. The zero-order valence-electron chi connectivity index (χ0n) is 15.5. The van der Waals surface area contributed by atoms with Crippen molar-refractivity contribution in [3.05, 3.63) is 65.2 Å². The van der Waals surface area contributed by atoms with E-state index in [9.17, 15) is 9.90 Å². The van der Waals surface area contributed by atoms with E-state index in [-0.39, 0.29) is 24.5 Å². The Balaban J connectivity index is 1.44. The maximum atomic E-state index is 12.6. The molecular weight excluding hydrogens is 372 g/mol. The number of hydrogen-bond donors (Lipinski definition) is 3. The molecule has 28 heavy (non-hydrogen) atoms. The summed E-state index contributed by atoms with van der Waals surface area (Å²) in [4.78, 5) is 16.1. The van der Waals surface area contributed by atoms with Crippen LogP contribution in [0.15, 0.2) is 54.0 Å². The molecule has 1 fully saturated rings. The summed E-state index contributed by atoms with van der Waals surface area (Å²) in [5.74, 6) is -0.0153. The lowest BCUT2D eigenvalue weighted by Gasteiger charge is -2.38. The molecule has 1 amide bonds. The molecule has 2 atom stereocenters. The number of carbonyl (C=O) groups is 1. The zero-order valence-corrected chi connectivity index (χ0v) is 16.4. The Labute approximate surface area is 168 Å². The average molecular weight is 397 g/mol. The normalized spacial score (nSPS) is 20.2. The van der Waals surface area contributed by atoms with Crippen LogP contribution in [0.3, 0.4) is 0 Å². The van der Waals surface area contributed by atoms with Crippen molar-refractivity contribution in [2.75, 3.05) is 19.7 Å². The van der Waals surface area contributed by atoms with E-state index < -0.39 is 0 Å². The molecule has 1 aromatic carbocycles. The van der Waals surface area contributed by atoms with Crippen molar-refractivity contribution >= 4 is 17.2 Å². The number of nitrogens with one attached hydrogen (secondary N) is 2. The standard InChI is InChI=1S/C21H24N4O2S/c26-14-16-8-9-25(12-17-11-22-24-20(17)19-7-4-10-28-19)13-18(16)23-21(27)15-5-2-1-3-6-15/h1-7,10-11,16,18,26H,8-9,12-14H2,(H,22,24)(H,23,27)/t16-,18-/m1/s1. The van der Waals surface area contributed by atoms with Crippen LogP contribution < -0.4 is 5.32 Å². The van der Waals surface area contributed by atoms with Crippen LogP contribution in [0, 0.1) is 5.92 Å². The predicted octanol–water partition coefficient (Wildman–Crippen LogP) is 2.75. The Kier molecular flexibility index (Phi) is 5.85. The number of H-pyrrole nitrogens is 1. The topological polar surface area (TPSA) is 81.2 Å². The Bertz CT molecular complexity index is 894. The lowest BCUT2D eigenvalue weighted by Crippen LogP contribution is -2.53. The molecule has 3 aromatic rings. The van der Waals surface area contributed by atoms with Crippen molar-refractivity contribution in [3.8, 4) is 10.6 Å². The quantitative estimate of drug-likeness (QED) is 0.598. The highest BCUT2D eigenvalue weighted by Gasteiger charge is 2.30. The first-order valence-corrected chi connectivity index (χ1v) is 10.4. The van der Waals surface area contributed by atoms with Crippen molar-refractivity contribution in [1.29, 1.82) is 0 Å². The van der Waals surface area contributed by atoms with Crippen LogP contribution in [0.1, 0.15) is 22.3 Å². The Hall–Kier alpha value is -2.48. The number of aromatic nitrogens is 2. The summed E-state index contributed by atoms with van der Waals surface area (Å²) < 4.78 is 0. The molecule has 1 aliphatic rings. The third-order valence-electron chi connectivity index (χ3n) is 5.31. The first-order chi connectivity index (χ1) is 13.7. The van der Waals surface area contributed by atoms with Crippen molar-refractivity contribution in [2.45, 2.75) is 19.0 Å². The van der Waals surface area contributed by atoms with Gasteiger partial charge in [0.1, 0.15) is 0 Å². The van der Waals surface area contributed by atoms with Gasteiger partial charge in [0.25, 0.3) is 5.91 Å². The summed E-state index contributed by atoms with van der Waals surface area (Å²) in [5, 5.41) is 22.3. The number of hydrogen-bond acceptors (Lipinski definition) is 5. The molecule has 0 aliphatic carbocycles. The van der Waals surface area contributed by atoms with Crippen molar-refractivity contribution in [2.24, 2.45) is 5.92 Å². The minimum atomic E-state index is -0.0894. The lowest BCUT2D eigenvalue weighted by molar-refractivity contribution is 0.0731. The molecule has 146 valence electrons. The van der Waals surface area contributed by atoms with Gasteiger partial charge in [-0.2, -0.15) is 5.10 Å². The van der Waals surface area contributed by atoms with Crippen molar-refractivity contribution < 1.29 is 9.90 Å². The number of thiophene rings is 1. The van der Waals surface area contributed by atoms with Crippen LogP contribution in [0.25, 0.3) is 10.6 Å². The summed E-state index contributed by atoms with van der Waals surface area (Å²) in [6.45, 7) is 2.44. The van der Waals surface area contributed by atoms with Gasteiger partial charge < -0.3 is 10.4 Å². The van der Waals surface area contributed by atoms with Crippen LogP contribution in [-0.2, 0) is 6.54 Å². The first kappa shape index (κ1) is 18.9. The molecule has 3 N–H and O–H groups in total. The third kappa shape index (κ3) is 4.16. The number of aliphatic hydroxyl groups excluding tert-OH is 1. The van der Waals surface area contributed by atoms with E-state index in [0.717, 1.165) is 30.8 Å². The van der Waals surface area contributed by atoms with Gasteiger partial charge in [0.2, 0.25) is 0 Å². The van der Waals surface area contributed by atoms with Gasteiger partial charge in [0.05, 0.1) is 16.8 Å². The number of amides is 1. The minimum absolute atomic E-state index is 0.0741. The highest BCUT2D eigenvalue weighted by Crippen LogP contribution is 2.28. The molecule has 2 aromatic heterocycles. The molecular formula is C21H24N4O2S. The fourth-order valence-corrected chi connectivity index (χ4v) is 4.50. The molecule has 0 radical (unpaired) electrons. The zero-order chi connectivity index (χ0) is 19.3. The van der Waals surface area contributed by atoms with Crippen LogP contribution in [0.4, 0.5) is 0 Å². The molecule has 0 saturated carbocycles. The maximum absolute atomic E-state index is 12.6. The van der Waals surface area contributed by atoms with E-state index in [1.165, 1.54) is 4.88 Å². The summed E-state index contributed by atoms with van der Waals surface area (Å²) in [7, 11) is 0. The van der Waals surface area contributed by atoms with Gasteiger partial charge in [-0.15, -0.1) is 11.3 Å². The van der Waals surface area contributed by atoms with Gasteiger partial charge in [0, 0.05) is 42.8 Å². The fraction of sp³-hybridized carbons (Fsp3) is 0.333. The Morgan fingerprint density at radius 2 is 2.14 bits per heavy atom. The number of benzene rings is 1. The molecule has 1 aliphatic heterocycles. The highest BCUT2D eigenvalue weighted by atomic mass is 32.1. The van der Waals surface area contributed by atoms with Gasteiger partial charge >= 0.3 is 0 Å². The number of piperidine rings is 1. The second-order valence-corrected chi connectivity index (χ2v) is 8.11. The van der Waals surface area contributed by atoms with Crippen molar-refractivity contribution in [3.63, 3.8) is 0 Å². The van der Waals surface area contributed by atoms with Gasteiger partial charge in [-0.05, 0) is 36.5 Å². The molecule has 7 heteroatoms. The molecule has 0 spiro atoms. The monoisotopic (exact) mass is 396 g/mol. The second kappa shape index (κ2) is 8.68. The second-order valence-electron chi connectivity index (χ2n) is 7.16. The number of rotatable bonds is 6. The van der Waals surface area contributed by atoms with Crippen molar-refractivity contribution in [1.82, 2.24) is 20.4 Å². The van der Waals surface area contributed by atoms with Crippen LogP contribution in [0.2, 0.25) is 0 Å². The maximum Gasteiger partial charge on any atom is 0.251 e. The minimum Gasteiger partial charge on any atom is -0.396 e. The molecule has 6 nitrogen and oxygen atoms in total. The van der Waals surface area contributed by atoms with Crippen LogP contribution in [-0.4, -0.2) is 51.8 Å². The molecule has 3 heterocycles. The highest BCUT2D eigenvalue weighted by molar-refractivity contribution is 7.13. The summed E-state index contributed by atoms with van der Waals surface area (Å²) in [6.07, 6.45) is 2.73. The van der Waals surface area contributed by atoms with E-state index >= 15 is 0 Å². The van der Waals surface area contributed by atoms with E-state index in [2.05, 4.69) is 31.9 Å². The summed E-state index contributed by atoms with van der Waals surface area (Å²) in [5.41, 5.74) is 2.85. The number of carbonyl (C=O) groups excluding carboxylic acids is 1. The van der Waals surface area contributed by atoms with E-state index in [4.69, 9.17) is 0 Å². The third-order valence-corrected chi connectivity index (χ3v) is 6.19. The largest absolute Gasteiger partial charge is 0.396 e. The summed E-state index contributed by atoms with van der Waals surface area (Å²) in [6, 6.07) is 13.3. The van der Waals surface area contributed by atoms with E-state index in [1.54, 1.807) is 11.3 Å². The summed E-state index contributed by atoms with van der Waals surface area (Å²) >= 11 is 1.69. The molecule has 0 bridgehead atoms. The average Bonchev–Trinajstić information content (AvgIpc) is 3.40. The molecule has 4 rings (SSSR count). The van der Waals surface area contributed by atoms with Gasteiger partial charge in [-0.25, -0.2) is 0 Å². The number of aromatic amines is 1. The fourth-order valence-electron chi connectivity index (χ4n) is 3.74. The van der Waals surface area contributed by atoms with Gasteiger partial charge in [0.15, 0.2) is 0 Å². The lowest BCUT2D eigenvalue weighted by atomic mass is 9.91. The number of nitrogens with zero attached hydrogens (tertiary/aromatic N) is 2. The van der Waals surface area contributed by atoms with E-state index in [1.807, 2.05) is 42.6 Å². The van der Waals surface area contributed by atoms with E-state index in [0.29, 0.717) is 12.1 Å². The Morgan fingerprint density at radius 1 is 1.29 bits per heavy atom. The smallest absolute Gasteiger partial charge is 0.251 e. The Morgan fingerprint density at radius 3 is 2.89 bits per heavy atom. The SMILES string of the molecule is O=C(N[C@@H]1CN(Cc2cn[nH]c2-c2cccs2)CC[C@@H]1CO)c1ccccc1. The van der Waals surface area contributed by atoms with Gasteiger partial charge in [-0.1, -0.05) is 24.3 Å².